The van der Waals surface area contributed by atoms with E-state index in [0.29, 0.717) is 22.8 Å². The van der Waals surface area contributed by atoms with Crippen molar-refractivity contribution in [2.45, 2.75) is 83.3 Å². The lowest BCUT2D eigenvalue weighted by Gasteiger charge is -2.29. The molecule has 0 aliphatic heterocycles. The number of carbonyl (C=O) groups is 2. The lowest BCUT2D eigenvalue weighted by Crippen LogP contribution is -2.38. The van der Waals surface area contributed by atoms with Crippen LogP contribution in [0.15, 0.2) is 47.2 Å². The number of imidazole rings is 1. The zero-order chi connectivity index (χ0) is 28.3. The molecule has 0 bridgehead atoms. The number of benzene rings is 1. The van der Waals surface area contributed by atoms with Gasteiger partial charge < -0.3 is 14.8 Å². The van der Waals surface area contributed by atoms with Gasteiger partial charge in [0, 0.05) is 18.4 Å². The Morgan fingerprint density at radius 1 is 1.18 bits per heavy atom. The molecule has 40 heavy (non-hydrogen) atoms. The first-order valence-corrected chi connectivity index (χ1v) is 15.1. The van der Waals surface area contributed by atoms with Crippen molar-refractivity contribution in [3.05, 3.63) is 69.4 Å². The van der Waals surface area contributed by atoms with E-state index in [1.165, 1.54) is 0 Å². The first-order chi connectivity index (χ1) is 19.5. The second-order valence-corrected chi connectivity index (χ2v) is 11.1. The average Bonchev–Trinajstić information content (AvgIpc) is 3.31. The van der Waals surface area contributed by atoms with Gasteiger partial charge in [-0.05, 0) is 73.0 Å². The summed E-state index contributed by atoms with van der Waals surface area (Å²) in [6, 6.07) is 9.65. The van der Waals surface area contributed by atoms with E-state index >= 15 is 0 Å². The molecule has 1 aromatic carbocycles. The third-order valence-electron chi connectivity index (χ3n) is 7.04. The van der Waals surface area contributed by atoms with E-state index in [1.807, 2.05) is 37.3 Å². The molecule has 0 unspecified atom stereocenters. The summed E-state index contributed by atoms with van der Waals surface area (Å²) in [6.07, 6.45) is 13.3. The lowest BCUT2D eigenvalue weighted by atomic mass is 9.85. The predicted molar refractivity (Wildman–Crippen MR) is 159 cm³/mol. The monoisotopic (exact) mass is 630 g/mol. The highest BCUT2D eigenvalue weighted by Gasteiger charge is 2.29. The van der Waals surface area contributed by atoms with Crippen molar-refractivity contribution in [2.24, 2.45) is 0 Å². The number of unbranched alkanes of at least 4 members (excludes halogenated alkanes) is 3. The number of ether oxygens (including phenoxy) is 2. The van der Waals surface area contributed by atoms with Crippen LogP contribution < -0.4 is 5.32 Å². The van der Waals surface area contributed by atoms with Gasteiger partial charge in [0.1, 0.15) is 22.6 Å². The van der Waals surface area contributed by atoms with E-state index in [4.69, 9.17) is 26.1 Å². The smallest absolute Gasteiger partial charge is 0.407 e. The Balaban J connectivity index is 1.39. The Bertz CT molecular complexity index is 1310. The maximum absolute atomic E-state index is 12.5. The van der Waals surface area contributed by atoms with Crippen LogP contribution >= 0.6 is 27.5 Å². The molecule has 0 saturated heterocycles. The molecule has 2 aromatic heterocycles. The molecule has 4 rings (SSSR count). The van der Waals surface area contributed by atoms with Gasteiger partial charge in [-0.1, -0.05) is 60.9 Å². The van der Waals surface area contributed by atoms with Crippen molar-refractivity contribution < 1.29 is 19.1 Å². The number of aromatic nitrogens is 3. The summed E-state index contributed by atoms with van der Waals surface area (Å²) < 4.78 is 13.2. The van der Waals surface area contributed by atoms with Gasteiger partial charge in [0.05, 0.1) is 18.5 Å². The number of nitrogens with one attached hydrogen (secondary N) is 1. The van der Waals surface area contributed by atoms with Crippen molar-refractivity contribution in [1.82, 2.24) is 19.7 Å². The predicted octanol–water partition coefficient (Wildman–Crippen LogP) is 7.62. The number of fused-ring (bicyclic) bond motifs is 1. The van der Waals surface area contributed by atoms with Crippen molar-refractivity contribution in [1.29, 1.82) is 0 Å². The number of nitrogens with zero attached hydrogens (tertiary/aromatic N) is 3. The normalized spacial score (nSPS) is 17.3. The molecule has 0 radical (unpaired) electrons. The number of esters is 1. The van der Waals surface area contributed by atoms with Crippen LogP contribution in [0.25, 0.3) is 11.6 Å². The number of hydrogen-bond acceptors (Lipinski definition) is 6. The lowest BCUT2D eigenvalue weighted by molar-refractivity contribution is -0.143. The molecule has 1 N–H and O–H groups in total. The summed E-state index contributed by atoms with van der Waals surface area (Å²) in [5, 5.41) is 3.44. The van der Waals surface area contributed by atoms with Gasteiger partial charge in [-0.2, -0.15) is 0 Å². The van der Waals surface area contributed by atoms with Crippen LogP contribution in [0.3, 0.4) is 0 Å². The summed E-state index contributed by atoms with van der Waals surface area (Å²) >= 11 is 10.1. The molecule has 2 heterocycles. The van der Waals surface area contributed by atoms with E-state index in [-0.39, 0.29) is 24.5 Å². The molecule has 10 heteroatoms. The van der Waals surface area contributed by atoms with Crippen LogP contribution in [0.1, 0.15) is 87.7 Å². The van der Waals surface area contributed by atoms with Crippen molar-refractivity contribution in [3.8, 4) is 0 Å². The van der Waals surface area contributed by atoms with Crippen LogP contribution in [-0.4, -0.2) is 39.1 Å². The zero-order valence-electron chi connectivity index (χ0n) is 22.8. The topological polar surface area (TPSA) is 94.8 Å². The van der Waals surface area contributed by atoms with E-state index in [0.717, 1.165) is 74.0 Å². The molecule has 1 amide bonds. The summed E-state index contributed by atoms with van der Waals surface area (Å²) in [7, 11) is 0. The summed E-state index contributed by atoms with van der Waals surface area (Å²) in [4.78, 5) is 33.2. The van der Waals surface area contributed by atoms with Gasteiger partial charge in [0.25, 0.3) is 0 Å². The molecule has 1 aliphatic carbocycles. The number of halogens is 2. The highest BCUT2D eigenvalue weighted by atomic mass is 79.9. The minimum atomic E-state index is -0.401. The second-order valence-electron chi connectivity index (χ2n) is 9.99. The van der Waals surface area contributed by atoms with Crippen molar-refractivity contribution in [3.63, 3.8) is 0 Å². The highest BCUT2D eigenvalue weighted by Crippen LogP contribution is 2.36. The number of allylic oxidation sites excluding steroid dienone is 1. The third-order valence-corrected chi connectivity index (χ3v) is 7.87. The van der Waals surface area contributed by atoms with Gasteiger partial charge in [-0.15, -0.1) is 0 Å². The maximum atomic E-state index is 12.5. The molecule has 0 spiro atoms. The maximum Gasteiger partial charge on any atom is 0.407 e. The van der Waals surface area contributed by atoms with Crippen LogP contribution in [0.2, 0.25) is 5.15 Å². The first-order valence-electron chi connectivity index (χ1n) is 14.0. The standard InChI is InChI=1S/C30H36BrClN4O4/c1-2-39-25(37)17-10-5-3-4-9-16-24-19-33-28(32)26-27(31)35-29(36(24)26)22-14-11-15-23(18-22)34-30(38)40-20-21-12-7-6-8-13-21/h6-9,12-13,16,19,22-23H,2-5,10-11,14-15,17-18,20H2,1H3,(H,34,38)/b16-9+/t22-,23-/m1/s1. The molecule has 1 aliphatic rings. The molecule has 2 atom stereocenters. The van der Waals surface area contributed by atoms with Crippen molar-refractivity contribution in [2.75, 3.05) is 6.61 Å². The minimum Gasteiger partial charge on any atom is -0.466 e. The average molecular weight is 632 g/mol. The number of carbonyl (C=O) groups excluding carboxylic acids is 2. The summed E-state index contributed by atoms with van der Waals surface area (Å²) in [5.74, 6) is 0.917. The van der Waals surface area contributed by atoms with Gasteiger partial charge in [-0.3, -0.25) is 9.20 Å². The van der Waals surface area contributed by atoms with E-state index in [1.54, 1.807) is 6.20 Å². The Morgan fingerprint density at radius 2 is 2.00 bits per heavy atom. The van der Waals surface area contributed by atoms with E-state index in [9.17, 15) is 9.59 Å². The van der Waals surface area contributed by atoms with Crippen LogP contribution in [-0.2, 0) is 20.9 Å². The Kier molecular flexibility index (Phi) is 11.4. The summed E-state index contributed by atoms with van der Waals surface area (Å²) in [6.45, 7) is 2.49. The second kappa shape index (κ2) is 15.2. The van der Waals surface area contributed by atoms with Gasteiger partial charge in [0.15, 0.2) is 5.15 Å². The third kappa shape index (κ3) is 8.30. The molecule has 3 aromatic rings. The molecular weight excluding hydrogens is 596 g/mol. The fourth-order valence-electron chi connectivity index (χ4n) is 5.11. The van der Waals surface area contributed by atoms with Gasteiger partial charge >= 0.3 is 12.1 Å². The number of hydrogen-bond donors (Lipinski definition) is 1. The number of amides is 1. The SMILES string of the molecule is CCOC(=O)CCCCC/C=C/c1cnc(Cl)c2c(Br)nc([C@@H]3CCC[C@@H](NC(=O)OCc4ccccc4)C3)n12. The van der Waals surface area contributed by atoms with Gasteiger partial charge in [0.2, 0.25) is 0 Å². The summed E-state index contributed by atoms with van der Waals surface area (Å²) in [5.41, 5.74) is 2.60. The van der Waals surface area contributed by atoms with Crippen molar-refractivity contribution >= 4 is 51.2 Å². The fraction of sp³-hybridized carbons (Fsp3) is 0.467. The molecule has 8 nitrogen and oxygen atoms in total. The van der Waals surface area contributed by atoms with Crippen LogP contribution in [0, 0.1) is 0 Å². The van der Waals surface area contributed by atoms with E-state index in [2.05, 4.69) is 42.8 Å². The Labute approximate surface area is 248 Å². The van der Waals surface area contributed by atoms with Crippen LogP contribution in [0.4, 0.5) is 4.79 Å². The number of alkyl carbamates (subject to hydrolysis) is 1. The first kappa shape index (κ1) is 30.1. The quantitative estimate of drug-likeness (QED) is 0.163. The molecule has 214 valence electrons. The van der Waals surface area contributed by atoms with Gasteiger partial charge in [-0.25, -0.2) is 14.8 Å². The van der Waals surface area contributed by atoms with E-state index < -0.39 is 6.09 Å². The highest BCUT2D eigenvalue weighted by molar-refractivity contribution is 9.10. The largest absolute Gasteiger partial charge is 0.466 e. The fourth-order valence-corrected chi connectivity index (χ4v) is 6.00. The Morgan fingerprint density at radius 3 is 2.80 bits per heavy atom. The Hall–Kier alpha value is -2.91. The van der Waals surface area contributed by atoms with Crippen LogP contribution in [0.5, 0.6) is 0 Å². The molecule has 1 saturated carbocycles. The zero-order valence-corrected chi connectivity index (χ0v) is 25.1. The molecule has 1 fully saturated rings. The molecular formula is C30H36BrClN4O4. The minimum absolute atomic E-state index is 0.000872. The number of rotatable bonds is 12.